The molecule has 0 saturated carbocycles. The van der Waals surface area contributed by atoms with Gasteiger partial charge in [0.2, 0.25) is 5.79 Å². The molecule has 6 heteroatoms. The van der Waals surface area contributed by atoms with Crippen LogP contribution in [-0.2, 0) is 4.74 Å². The summed E-state index contributed by atoms with van der Waals surface area (Å²) in [6.45, 7) is 0. The standard InChI is InChI=1S/C7H8O6/c8-5(9)13-7(12)3-1-6(10,11)2-4-7/h1-4,10-12H,(H,8,9). The normalized spacial score (nSPS) is 22.7. The number of ether oxygens (including phenoxy) is 1. The van der Waals surface area contributed by atoms with Gasteiger partial charge in [-0.15, -0.1) is 0 Å². The molecule has 0 radical (unpaired) electrons. The van der Waals surface area contributed by atoms with E-state index >= 15 is 0 Å². The van der Waals surface area contributed by atoms with E-state index < -0.39 is 17.7 Å². The SMILES string of the molecule is O=C(O)OC1(O)C=CC(O)(O)C=C1. The molecule has 6 nitrogen and oxygen atoms in total. The van der Waals surface area contributed by atoms with Gasteiger partial charge < -0.3 is 25.2 Å². The Labute approximate surface area is 73.0 Å². The zero-order chi connectivity index (χ0) is 10.1. The molecule has 1 aliphatic carbocycles. The first-order chi connectivity index (χ1) is 5.83. The summed E-state index contributed by atoms with van der Waals surface area (Å²) in [6, 6.07) is 0. The van der Waals surface area contributed by atoms with Crippen LogP contribution in [0.2, 0.25) is 0 Å². The second-order valence-electron chi connectivity index (χ2n) is 2.57. The fourth-order valence-corrected chi connectivity index (χ4v) is 0.803. The van der Waals surface area contributed by atoms with Crippen molar-refractivity contribution in [2.24, 2.45) is 0 Å². The van der Waals surface area contributed by atoms with Crippen molar-refractivity contribution in [1.82, 2.24) is 0 Å². The average molecular weight is 188 g/mol. The summed E-state index contributed by atoms with van der Waals surface area (Å²) in [5.41, 5.74) is 0. The molecule has 0 amide bonds. The summed E-state index contributed by atoms with van der Waals surface area (Å²) in [5.74, 6) is -4.30. The van der Waals surface area contributed by atoms with E-state index in [-0.39, 0.29) is 0 Å². The average Bonchev–Trinajstić information content (AvgIpc) is 1.95. The Kier molecular flexibility index (Phi) is 2.12. The van der Waals surface area contributed by atoms with Crippen molar-refractivity contribution in [3.63, 3.8) is 0 Å². The number of carbonyl (C=O) groups is 1. The van der Waals surface area contributed by atoms with Crippen molar-refractivity contribution in [3.8, 4) is 0 Å². The van der Waals surface area contributed by atoms with Crippen molar-refractivity contribution in [1.29, 1.82) is 0 Å². The number of hydrogen-bond donors (Lipinski definition) is 4. The molecule has 13 heavy (non-hydrogen) atoms. The van der Waals surface area contributed by atoms with Gasteiger partial charge in [0.1, 0.15) is 0 Å². The van der Waals surface area contributed by atoms with E-state index in [1.54, 1.807) is 0 Å². The molecule has 0 aliphatic heterocycles. The molecule has 0 spiro atoms. The molecule has 0 heterocycles. The Morgan fingerprint density at radius 3 is 1.92 bits per heavy atom. The molecule has 0 bridgehead atoms. The largest absolute Gasteiger partial charge is 0.508 e. The third-order valence-electron chi connectivity index (χ3n) is 1.39. The van der Waals surface area contributed by atoms with Crippen LogP contribution in [0.15, 0.2) is 24.3 Å². The minimum Gasteiger partial charge on any atom is -0.450 e. The molecule has 0 unspecified atom stereocenters. The second-order valence-corrected chi connectivity index (χ2v) is 2.57. The molecule has 72 valence electrons. The topological polar surface area (TPSA) is 107 Å². The fraction of sp³-hybridized carbons (Fsp3) is 0.286. The molecule has 4 N–H and O–H groups in total. The highest BCUT2D eigenvalue weighted by Gasteiger charge is 2.32. The second kappa shape index (κ2) is 2.84. The Hall–Kier alpha value is -1.37. The zero-order valence-corrected chi connectivity index (χ0v) is 6.41. The van der Waals surface area contributed by atoms with Crippen molar-refractivity contribution in [3.05, 3.63) is 24.3 Å². The van der Waals surface area contributed by atoms with E-state index in [2.05, 4.69) is 4.74 Å². The van der Waals surface area contributed by atoms with Crippen LogP contribution in [0.4, 0.5) is 4.79 Å². The Morgan fingerprint density at radius 2 is 1.54 bits per heavy atom. The highest BCUT2D eigenvalue weighted by molar-refractivity contribution is 5.58. The van der Waals surface area contributed by atoms with Gasteiger partial charge in [0, 0.05) is 0 Å². The first-order valence-electron chi connectivity index (χ1n) is 3.33. The van der Waals surface area contributed by atoms with Gasteiger partial charge in [-0.25, -0.2) is 4.79 Å². The van der Waals surface area contributed by atoms with Crippen LogP contribution in [0, 0.1) is 0 Å². The van der Waals surface area contributed by atoms with Crippen LogP contribution in [0.5, 0.6) is 0 Å². The Bertz CT molecular complexity index is 261. The quantitative estimate of drug-likeness (QED) is 0.243. The van der Waals surface area contributed by atoms with E-state index in [0.29, 0.717) is 0 Å². The van der Waals surface area contributed by atoms with Gasteiger partial charge in [-0.2, -0.15) is 0 Å². The highest BCUT2D eigenvalue weighted by Crippen LogP contribution is 2.21. The van der Waals surface area contributed by atoms with E-state index in [0.717, 1.165) is 24.3 Å². The molecular formula is C7H8O6. The summed E-state index contributed by atoms with van der Waals surface area (Å²) >= 11 is 0. The maximum Gasteiger partial charge on any atom is 0.508 e. The van der Waals surface area contributed by atoms with Gasteiger partial charge in [0.25, 0.3) is 5.79 Å². The molecule has 0 aromatic rings. The monoisotopic (exact) mass is 188 g/mol. The summed E-state index contributed by atoms with van der Waals surface area (Å²) in [6.07, 6.45) is 1.58. The Morgan fingerprint density at radius 1 is 1.08 bits per heavy atom. The van der Waals surface area contributed by atoms with Gasteiger partial charge in [0.05, 0.1) is 0 Å². The molecular weight excluding hydrogens is 180 g/mol. The summed E-state index contributed by atoms with van der Waals surface area (Å²) in [4.78, 5) is 10.1. The van der Waals surface area contributed by atoms with E-state index in [1.165, 1.54) is 0 Å². The molecule has 0 aromatic carbocycles. The third kappa shape index (κ3) is 2.55. The third-order valence-corrected chi connectivity index (χ3v) is 1.39. The Balaban J connectivity index is 2.77. The van der Waals surface area contributed by atoms with Crippen molar-refractivity contribution in [2.75, 3.05) is 0 Å². The van der Waals surface area contributed by atoms with Crippen LogP contribution < -0.4 is 0 Å². The minimum atomic E-state index is -2.17. The van der Waals surface area contributed by atoms with Crippen LogP contribution >= 0.6 is 0 Å². The van der Waals surface area contributed by atoms with Crippen LogP contribution in [-0.4, -0.2) is 38.2 Å². The van der Waals surface area contributed by atoms with Gasteiger partial charge in [-0.1, -0.05) is 0 Å². The number of aliphatic hydroxyl groups is 3. The first-order valence-corrected chi connectivity index (χ1v) is 3.33. The van der Waals surface area contributed by atoms with E-state index in [9.17, 15) is 9.90 Å². The van der Waals surface area contributed by atoms with Crippen LogP contribution in [0.3, 0.4) is 0 Å². The smallest absolute Gasteiger partial charge is 0.450 e. The van der Waals surface area contributed by atoms with Crippen LogP contribution in [0.25, 0.3) is 0 Å². The maximum absolute atomic E-state index is 10.1. The fourth-order valence-electron chi connectivity index (χ4n) is 0.803. The molecule has 0 saturated heterocycles. The first kappa shape index (κ1) is 9.72. The lowest BCUT2D eigenvalue weighted by atomic mass is 10.1. The molecule has 1 aliphatic rings. The number of rotatable bonds is 1. The lowest BCUT2D eigenvalue weighted by Crippen LogP contribution is -2.36. The predicted octanol–water partition coefficient (Wildman–Crippen LogP) is -0.824. The van der Waals surface area contributed by atoms with Gasteiger partial charge in [0.15, 0.2) is 0 Å². The lowest BCUT2D eigenvalue weighted by Gasteiger charge is -2.25. The zero-order valence-electron chi connectivity index (χ0n) is 6.41. The maximum atomic E-state index is 10.1. The molecule has 0 fully saturated rings. The molecule has 0 aromatic heterocycles. The van der Waals surface area contributed by atoms with Gasteiger partial charge in [-0.05, 0) is 24.3 Å². The number of carboxylic acid groups (broad SMARTS) is 1. The minimum absolute atomic E-state index is 0.802. The molecule has 1 rings (SSSR count). The summed E-state index contributed by atoms with van der Waals surface area (Å²) in [7, 11) is 0. The highest BCUT2D eigenvalue weighted by atomic mass is 16.7. The van der Waals surface area contributed by atoms with E-state index in [1.807, 2.05) is 0 Å². The number of hydrogen-bond acceptors (Lipinski definition) is 5. The molecule has 0 atom stereocenters. The summed E-state index contributed by atoms with van der Waals surface area (Å²) < 4.78 is 4.05. The van der Waals surface area contributed by atoms with Gasteiger partial charge >= 0.3 is 6.16 Å². The van der Waals surface area contributed by atoms with Crippen LogP contribution in [0.1, 0.15) is 0 Å². The summed E-state index contributed by atoms with van der Waals surface area (Å²) in [5, 5.41) is 35.3. The van der Waals surface area contributed by atoms with Crippen molar-refractivity contribution >= 4 is 6.16 Å². The van der Waals surface area contributed by atoms with Gasteiger partial charge in [-0.3, -0.25) is 0 Å². The van der Waals surface area contributed by atoms with E-state index in [4.69, 9.17) is 15.3 Å². The van der Waals surface area contributed by atoms with Crippen molar-refractivity contribution in [2.45, 2.75) is 11.6 Å². The lowest BCUT2D eigenvalue weighted by molar-refractivity contribution is -0.118. The van der Waals surface area contributed by atoms with Crippen molar-refractivity contribution < 1.29 is 30.0 Å². The predicted molar refractivity (Wildman–Crippen MR) is 39.5 cm³/mol.